The molecule has 0 bridgehead atoms. The first-order valence-electron chi connectivity index (χ1n) is 9.88. The molecule has 0 aromatic heterocycles. The van der Waals surface area contributed by atoms with Crippen molar-refractivity contribution < 1.29 is 14.3 Å². The van der Waals surface area contributed by atoms with Crippen molar-refractivity contribution in [2.45, 2.75) is 44.1 Å². The number of hydrogen-bond acceptors (Lipinski definition) is 3. The maximum atomic E-state index is 12.6. The van der Waals surface area contributed by atoms with Crippen molar-refractivity contribution in [1.29, 1.82) is 0 Å². The number of rotatable bonds is 4. The van der Waals surface area contributed by atoms with Crippen LogP contribution in [0.2, 0.25) is 5.02 Å². The maximum Gasteiger partial charge on any atom is 0.223 e. The number of fused-ring (bicyclic) bond motifs is 1. The molecule has 2 aromatic carbocycles. The third-order valence-electron chi connectivity index (χ3n) is 5.91. The Bertz CT molecular complexity index is 870. The van der Waals surface area contributed by atoms with E-state index in [0.717, 1.165) is 31.4 Å². The van der Waals surface area contributed by atoms with Gasteiger partial charge in [0.05, 0.1) is 0 Å². The summed E-state index contributed by atoms with van der Waals surface area (Å²) in [6.07, 6.45) is 4.20. The molecule has 0 unspecified atom stereocenters. The molecule has 5 heteroatoms. The Balaban J connectivity index is 1.28. The molecule has 2 heterocycles. The molecule has 28 heavy (non-hydrogen) atoms. The first-order chi connectivity index (χ1) is 13.5. The summed E-state index contributed by atoms with van der Waals surface area (Å²) < 4.78 is 6.35. The lowest BCUT2D eigenvalue weighted by atomic mass is 9.83. The van der Waals surface area contributed by atoms with E-state index >= 15 is 0 Å². The second kappa shape index (κ2) is 7.96. The number of benzene rings is 2. The molecule has 2 aliphatic rings. The molecule has 0 atom stereocenters. The van der Waals surface area contributed by atoms with Crippen LogP contribution in [0, 0.1) is 0 Å². The van der Waals surface area contributed by atoms with Gasteiger partial charge in [0.25, 0.3) is 0 Å². The molecular formula is C23H24ClNO3. The summed E-state index contributed by atoms with van der Waals surface area (Å²) >= 11 is 5.85. The van der Waals surface area contributed by atoms with Crippen LogP contribution >= 0.6 is 11.6 Å². The Labute approximate surface area is 170 Å². The highest BCUT2D eigenvalue weighted by atomic mass is 35.5. The SMILES string of the molecule is O=C(CCC(=O)N1CCC2(CCc3ccccc3O2)CC1)c1ccc(Cl)cc1. The fourth-order valence-corrected chi connectivity index (χ4v) is 4.26. The van der Waals surface area contributed by atoms with Crippen molar-refractivity contribution in [2.75, 3.05) is 13.1 Å². The molecule has 2 aromatic rings. The van der Waals surface area contributed by atoms with Crippen molar-refractivity contribution in [3.8, 4) is 5.75 Å². The number of ketones is 1. The lowest BCUT2D eigenvalue weighted by Gasteiger charge is -2.44. The van der Waals surface area contributed by atoms with E-state index in [1.165, 1.54) is 5.56 Å². The number of ether oxygens (including phenoxy) is 1. The van der Waals surface area contributed by atoms with Gasteiger partial charge < -0.3 is 9.64 Å². The number of piperidine rings is 1. The van der Waals surface area contributed by atoms with Gasteiger partial charge in [-0.2, -0.15) is 0 Å². The second-order valence-corrected chi connectivity index (χ2v) is 8.14. The van der Waals surface area contributed by atoms with Gasteiger partial charge in [-0.25, -0.2) is 0 Å². The molecule has 4 rings (SSSR count). The van der Waals surface area contributed by atoms with E-state index in [1.807, 2.05) is 23.1 Å². The van der Waals surface area contributed by atoms with Crippen molar-refractivity contribution >= 4 is 23.3 Å². The van der Waals surface area contributed by atoms with Gasteiger partial charge in [0, 0.05) is 49.4 Å². The number of carbonyl (C=O) groups is 2. The van der Waals surface area contributed by atoms with Crippen LogP contribution in [-0.4, -0.2) is 35.3 Å². The zero-order valence-corrected chi connectivity index (χ0v) is 16.6. The number of hydrogen-bond donors (Lipinski definition) is 0. The van der Waals surface area contributed by atoms with Gasteiger partial charge in [-0.05, 0) is 48.7 Å². The number of aryl methyl sites for hydroxylation is 1. The molecule has 1 amide bonds. The Morgan fingerprint density at radius 1 is 0.964 bits per heavy atom. The number of amides is 1. The quantitative estimate of drug-likeness (QED) is 0.703. The van der Waals surface area contributed by atoms with Crippen LogP contribution in [0.3, 0.4) is 0 Å². The van der Waals surface area contributed by atoms with E-state index in [-0.39, 0.29) is 30.1 Å². The third-order valence-corrected chi connectivity index (χ3v) is 6.16. The second-order valence-electron chi connectivity index (χ2n) is 7.70. The molecule has 0 aliphatic carbocycles. The summed E-state index contributed by atoms with van der Waals surface area (Å²) in [4.78, 5) is 26.7. The number of carbonyl (C=O) groups excluding carboxylic acids is 2. The van der Waals surface area contributed by atoms with Gasteiger partial charge in [-0.15, -0.1) is 0 Å². The highest BCUT2D eigenvalue weighted by Crippen LogP contribution is 2.39. The average Bonchev–Trinajstić information content (AvgIpc) is 2.73. The van der Waals surface area contributed by atoms with Crippen molar-refractivity contribution in [3.63, 3.8) is 0 Å². The summed E-state index contributed by atoms with van der Waals surface area (Å²) in [7, 11) is 0. The Morgan fingerprint density at radius 2 is 1.68 bits per heavy atom. The van der Waals surface area contributed by atoms with Crippen molar-refractivity contribution in [1.82, 2.24) is 4.90 Å². The molecule has 1 saturated heterocycles. The highest BCUT2D eigenvalue weighted by molar-refractivity contribution is 6.30. The van der Waals surface area contributed by atoms with Crippen LogP contribution in [0.25, 0.3) is 0 Å². The Hall–Kier alpha value is -2.33. The van der Waals surface area contributed by atoms with E-state index in [2.05, 4.69) is 6.07 Å². The van der Waals surface area contributed by atoms with E-state index in [4.69, 9.17) is 16.3 Å². The topological polar surface area (TPSA) is 46.6 Å². The lowest BCUT2D eigenvalue weighted by molar-refractivity contribution is -0.135. The summed E-state index contributed by atoms with van der Waals surface area (Å²) in [6, 6.07) is 15.0. The van der Waals surface area contributed by atoms with E-state index in [1.54, 1.807) is 24.3 Å². The number of para-hydroxylation sites is 1. The molecular weight excluding hydrogens is 374 g/mol. The van der Waals surface area contributed by atoms with Gasteiger partial charge in [-0.1, -0.05) is 29.8 Å². The first-order valence-corrected chi connectivity index (χ1v) is 10.3. The van der Waals surface area contributed by atoms with Crippen LogP contribution < -0.4 is 4.74 Å². The summed E-state index contributed by atoms with van der Waals surface area (Å²) in [5.74, 6) is 1.01. The molecule has 2 aliphatic heterocycles. The molecule has 0 saturated carbocycles. The Kier molecular flexibility index (Phi) is 5.40. The zero-order valence-electron chi connectivity index (χ0n) is 15.8. The molecule has 146 valence electrons. The van der Waals surface area contributed by atoms with E-state index < -0.39 is 0 Å². The van der Waals surface area contributed by atoms with Gasteiger partial charge in [0.2, 0.25) is 5.91 Å². The zero-order chi connectivity index (χ0) is 19.6. The van der Waals surface area contributed by atoms with Crippen molar-refractivity contribution in [3.05, 3.63) is 64.7 Å². The largest absolute Gasteiger partial charge is 0.487 e. The minimum absolute atomic E-state index is 0.0225. The predicted molar refractivity (Wildman–Crippen MR) is 109 cm³/mol. The predicted octanol–water partition coefficient (Wildman–Crippen LogP) is 4.69. The van der Waals surface area contributed by atoms with Crippen molar-refractivity contribution in [2.24, 2.45) is 0 Å². The fraction of sp³-hybridized carbons (Fsp3) is 0.391. The van der Waals surface area contributed by atoms with Gasteiger partial charge >= 0.3 is 0 Å². The Morgan fingerprint density at radius 3 is 2.43 bits per heavy atom. The van der Waals surface area contributed by atoms with Crippen LogP contribution in [0.1, 0.15) is 48.0 Å². The minimum atomic E-state index is -0.149. The standard InChI is InChI=1S/C23H24ClNO3/c24-19-7-5-17(6-8-19)20(26)9-10-22(27)25-15-13-23(14-16-25)12-11-18-3-1-2-4-21(18)28-23/h1-8H,9-16H2. The highest BCUT2D eigenvalue weighted by Gasteiger charge is 2.40. The number of nitrogens with zero attached hydrogens (tertiary/aromatic N) is 1. The van der Waals surface area contributed by atoms with Gasteiger partial charge in [-0.3, -0.25) is 9.59 Å². The molecule has 0 radical (unpaired) electrons. The minimum Gasteiger partial charge on any atom is -0.487 e. The number of Topliss-reactive ketones (excluding diaryl/α,β-unsaturated/α-hetero) is 1. The lowest BCUT2D eigenvalue weighted by Crippen LogP contribution is -2.51. The van der Waals surface area contributed by atoms with Crippen LogP contribution in [0.15, 0.2) is 48.5 Å². The molecule has 0 N–H and O–H groups in total. The summed E-state index contributed by atoms with van der Waals surface area (Å²) in [5.41, 5.74) is 1.72. The average molecular weight is 398 g/mol. The summed E-state index contributed by atoms with van der Waals surface area (Å²) in [6.45, 7) is 1.38. The normalized spacial score (nSPS) is 17.7. The number of halogens is 1. The van der Waals surface area contributed by atoms with E-state index in [0.29, 0.717) is 23.7 Å². The van der Waals surface area contributed by atoms with Crippen LogP contribution in [0.4, 0.5) is 0 Å². The monoisotopic (exact) mass is 397 g/mol. The number of likely N-dealkylation sites (tertiary alicyclic amines) is 1. The first kappa shape index (κ1) is 19.0. The third kappa shape index (κ3) is 4.07. The summed E-state index contributed by atoms with van der Waals surface area (Å²) in [5, 5.41) is 0.599. The van der Waals surface area contributed by atoms with Crippen LogP contribution in [0.5, 0.6) is 5.75 Å². The van der Waals surface area contributed by atoms with Crippen LogP contribution in [-0.2, 0) is 11.2 Å². The van der Waals surface area contributed by atoms with Gasteiger partial charge in [0.1, 0.15) is 11.4 Å². The molecule has 1 fully saturated rings. The smallest absolute Gasteiger partial charge is 0.223 e. The van der Waals surface area contributed by atoms with E-state index in [9.17, 15) is 9.59 Å². The van der Waals surface area contributed by atoms with Gasteiger partial charge in [0.15, 0.2) is 5.78 Å². The molecule has 4 nitrogen and oxygen atoms in total. The maximum absolute atomic E-state index is 12.6. The fourth-order valence-electron chi connectivity index (χ4n) is 4.13. The molecule has 1 spiro atoms.